The Labute approximate surface area is 139 Å². The molecule has 0 atom stereocenters. The second-order valence-corrected chi connectivity index (χ2v) is 5.09. The zero-order chi connectivity index (χ0) is 16.9. The van der Waals surface area contributed by atoms with E-state index < -0.39 is 0 Å². The number of rotatable bonds is 5. The summed E-state index contributed by atoms with van der Waals surface area (Å²) in [6.45, 7) is 0.397. The number of fused-ring (bicyclic) bond motifs is 1. The normalized spacial score (nSPS) is 11.5. The van der Waals surface area contributed by atoms with Crippen molar-refractivity contribution in [2.24, 2.45) is 10.7 Å². The smallest absolute Gasteiger partial charge is 0.193 e. The molecule has 0 bridgehead atoms. The van der Waals surface area contributed by atoms with Crippen LogP contribution in [0.15, 0.2) is 53.8 Å². The number of imidazole rings is 1. The molecular formula is C17H19N5O2. The Bertz CT molecular complexity index is 839. The molecular weight excluding hydrogens is 306 g/mol. The van der Waals surface area contributed by atoms with Gasteiger partial charge in [0.1, 0.15) is 5.65 Å². The van der Waals surface area contributed by atoms with E-state index in [4.69, 9.17) is 15.2 Å². The molecule has 24 heavy (non-hydrogen) atoms. The summed E-state index contributed by atoms with van der Waals surface area (Å²) < 4.78 is 12.4. The van der Waals surface area contributed by atoms with Crippen LogP contribution in [0.25, 0.3) is 5.65 Å². The summed E-state index contributed by atoms with van der Waals surface area (Å²) in [6, 6.07) is 11.3. The molecule has 0 fully saturated rings. The fourth-order valence-corrected chi connectivity index (χ4v) is 2.33. The van der Waals surface area contributed by atoms with Crippen LogP contribution in [0.1, 0.15) is 5.69 Å². The Kier molecular flexibility index (Phi) is 4.51. The number of aromatic nitrogens is 2. The van der Waals surface area contributed by atoms with Crippen LogP contribution >= 0.6 is 0 Å². The van der Waals surface area contributed by atoms with Gasteiger partial charge >= 0.3 is 0 Å². The first-order chi connectivity index (χ1) is 11.7. The first kappa shape index (κ1) is 15.7. The second-order valence-electron chi connectivity index (χ2n) is 5.09. The van der Waals surface area contributed by atoms with Gasteiger partial charge in [0.25, 0.3) is 0 Å². The average molecular weight is 325 g/mol. The highest BCUT2D eigenvalue weighted by Gasteiger charge is 2.05. The van der Waals surface area contributed by atoms with Gasteiger partial charge in [-0.3, -0.25) is 0 Å². The van der Waals surface area contributed by atoms with Crippen molar-refractivity contribution in [2.75, 3.05) is 19.5 Å². The minimum Gasteiger partial charge on any atom is -0.493 e. The Balaban J connectivity index is 1.69. The number of nitrogens with zero attached hydrogens (tertiary/aromatic N) is 3. The van der Waals surface area contributed by atoms with E-state index in [1.54, 1.807) is 26.4 Å². The molecule has 2 aromatic heterocycles. The summed E-state index contributed by atoms with van der Waals surface area (Å²) in [5, 5.41) is 3.03. The lowest BCUT2D eigenvalue weighted by molar-refractivity contribution is 0.355. The molecule has 2 heterocycles. The average Bonchev–Trinajstić information content (AvgIpc) is 3.03. The van der Waals surface area contributed by atoms with Gasteiger partial charge in [-0.1, -0.05) is 6.07 Å². The SMILES string of the molecule is COc1ccc(NC(N)=NCc2cn3ccccc3n2)cc1OC. The molecule has 7 nitrogen and oxygen atoms in total. The number of hydrogen-bond donors (Lipinski definition) is 2. The van der Waals surface area contributed by atoms with Crippen molar-refractivity contribution in [3.05, 3.63) is 54.5 Å². The predicted molar refractivity (Wildman–Crippen MR) is 93.7 cm³/mol. The highest BCUT2D eigenvalue weighted by atomic mass is 16.5. The first-order valence-electron chi connectivity index (χ1n) is 7.41. The number of pyridine rings is 1. The largest absolute Gasteiger partial charge is 0.493 e. The predicted octanol–water partition coefficient (Wildman–Crippen LogP) is 2.28. The van der Waals surface area contributed by atoms with E-state index in [2.05, 4.69) is 15.3 Å². The van der Waals surface area contributed by atoms with E-state index in [1.807, 2.05) is 41.1 Å². The Morgan fingerprint density at radius 1 is 1.21 bits per heavy atom. The molecule has 0 aliphatic carbocycles. The molecule has 0 amide bonds. The lowest BCUT2D eigenvalue weighted by Crippen LogP contribution is -2.22. The molecule has 0 saturated heterocycles. The minimum absolute atomic E-state index is 0.305. The van der Waals surface area contributed by atoms with Gasteiger partial charge in [0.2, 0.25) is 0 Å². The van der Waals surface area contributed by atoms with Crippen LogP contribution in [0.3, 0.4) is 0 Å². The molecule has 7 heteroatoms. The van der Waals surface area contributed by atoms with Crippen molar-refractivity contribution in [2.45, 2.75) is 6.54 Å². The van der Waals surface area contributed by atoms with Crippen LogP contribution in [0, 0.1) is 0 Å². The molecule has 0 unspecified atom stereocenters. The van der Waals surface area contributed by atoms with Crippen molar-refractivity contribution in [1.29, 1.82) is 0 Å². The molecule has 0 aliphatic heterocycles. The van der Waals surface area contributed by atoms with E-state index in [0.717, 1.165) is 17.0 Å². The van der Waals surface area contributed by atoms with E-state index >= 15 is 0 Å². The number of guanidine groups is 1. The standard InChI is InChI=1S/C17H19N5O2/c1-23-14-7-6-12(9-15(14)24-2)21-17(18)19-10-13-11-22-8-4-3-5-16(22)20-13/h3-9,11H,10H2,1-2H3,(H3,18,19,21). The summed E-state index contributed by atoms with van der Waals surface area (Å²) in [5.41, 5.74) is 8.44. The van der Waals surface area contributed by atoms with E-state index in [9.17, 15) is 0 Å². The summed E-state index contributed by atoms with van der Waals surface area (Å²) in [6.07, 6.45) is 3.88. The Morgan fingerprint density at radius 3 is 2.79 bits per heavy atom. The Hall–Kier alpha value is -3.22. The van der Waals surface area contributed by atoms with Crippen molar-refractivity contribution >= 4 is 17.3 Å². The molecule has 0 saturated carbocycles. The maximum absolute atomic E-state index is 5.94. The van der Waals surface area contributed by atoms with E-state index in [-0.39, 0.29) is 0 Å². The maximum Gasteiger partial charge on any atom is 0.193 e. The third kappa shape index (κ3) is 3.40. The number of methoxy groups -OCH3 is 2. The summed E-state index contributed by atoms with van der Waals surface area (Å²) in [4.78, 5) is 8.80. The molecule has 3 rings (SSSR count). The summed E-state index contributed by atoms with van der Waals surface area (Å²) in [7, 11) is 3.18. The lowest BCUT2D eigenvalue weighted by atomic mass is 10.3. The third-order valence-electron chi connectivity index (χ3n) is 3.48. The molecule has 1 aromatic carbocycles. The number of anilines is 1. The van der Waals surface area contributed by atoms with Crippen LogP contribution in [-0.2, 0) is 6.54 Å². The van der Waals surface area contributed by atoms with Crippen LogP contribution < -0.4 is 20.5 Å². The molecule has 3 aromatic rings. The lowest BCUT2D eigenvalue weighted by Gasteiger charge is -2.10. The molecule has 0 aliphatic rings. The number of nitrogens with two attached hydrogens (primary N) is 1. The van der Waals surface area contributed by atoms with Crippen molar-refractivity contribution in [1.82, 2.24) is 9.38 Å². The second kappa shape index (κ2) is 6.91. The topological polar surface area (TPSA) is 86.2 Å². The molecule has 0 radical (unpaired) electrons. The van der Waals surface area contributed by atoms with E-state index in [1.165, 1.54) is 0 Å². The zero-order valence-corrected chi connectivity index (χ0v) is 13.6. The van der Waals surface area contributed by atoms with Crippen molar-refractivity contribution in [3.8, 4) is 11.5 Å². The van der Waals surface area contributed by atoms with E-state index in [0.29, 0.717) is 24.0 Å². The van der Waals surface area contributed by atoms with Gasteiger partial charge in [0, 0.05) is 24.1 Å². The van der Waals surface area contributed by atoms with Crippen LogP contribution in [0.5, 0.6) is 11.5 Å². The van der Waals surface area contributed by atoms with Gasteiger partial charge in [-0.2, -0.15) is 0 Å². The van der Waals surface area contributed by atoms with Crippen molar-refractivity contribution < 1.29 is 9.47 Å². The van der Waals surface area contributed by atoms with Gasteiger partial charge in [0.15, 0.2) is 17.5 Å². The highest BCUT2D eigenvalue weighted by Crippen LogP contribution is 2.29. The third-order valence-corrected chi connectivity index (χ3v) is 3.48. The van der Waals surface area contributed by atoms with Crippen LogP contribution in [0.2, 0.25) is 0 Å². The molecule has 3 N–H and O–H groups in total. The van der Waals surface area contributed by atoms with Gasteiger partial charge < -0.3 is 24.9 Å². The van der Waals surface area contributed by atoms with Gasteiger partial charge in [0.05, 0.1) is 26.5 Å². The molecule has 0 spiro atoms. The number of nitrogens with one attached hydrogen (secondary N) is 1. The zero-order valence-electron chi connectivity index (χ0n) is 13.6. The quantitative estimate of drug-likeness (QED) is 0.555. The first-order valence-corrected chi connectivity index (χ1v) is 7.41. The monoisotopic (exact) mass is 325 g/mol. The summed E-state index contributed by atoms with van der Waals surface area (Å²) >= 11 is 0. The van der Waals surface area contributed by atoms with Gasteiger partial charge in [-0.05, 0) is 24.3 Å². The number of benzene rings is 1. The van der Waals surface area contributed by atoms with Gasteiger partial charge in [-0.25, -0.2) is 9.98 Å². The highest BCUT2D eigenvalue weighted by molar-refractivity contribution is 5.92. The minimum atomic E-state index is 0.305. The summed E-state index contributed by atoms with van der Waals surface area (Å²) in [5.74, 6) is 1.58. The molecule has 124 valence electrons. The maximum atomic E-state index is 5.94. The van der Waals surface area contributed by atoms with Crippen LogP contribution in [0.4, 0.5) is 5.69 Å². The fraction of sp³-hybridized carbons (Fsp3) is 0.176. The van der Waals surface area contributed by atoms with Crippen LogP contribution in [-0.4, -0.2) is 29.6 Å². The fourth-order valence-electron chi connectivity index (χ4n) is 2.33. The van der Waals surface area contributed by atoms with Gasteiger partial charge in [-0.15, -0.1) is 0 Å². The number of ether oxygens (including phenoxy) is 2. The van der Waals surface area contributed by atoms with Crippen molar-refractivity contribution in [3.63, 3.8) is 0 Å². The number of aliphatic imine (C=N–C) groups is 1. The Morgan fingerprint density at radius 2 is 2.04 bits per heavy atom. The number of hydrogen-bond acceptors (Lipinski definition) is 4.